The van der Waals surface area contributed by atoms with Crippen molar-refractivity contribution in [2.24, 2.45) is 0 Å². The maximum Gasteiger partial charge on any atom is 0.335 e. The molecule has 2 N–H and O–H groups in total. The molecule has 1 aromatic rings. The number of benzene rings is 1. The first kappa shape index (κ1) is 15.5. The van der Waals surface area contributed by atoms with Crippen LogP contribution in [0.15, 0.2) is 18.2 Å². The average Bonchev–Trinajstić information content (AvgIpc) is 2.37. The first-order valence-electron chi connectivity index (χ1n) is 5.86. The van der Waals surface area contributed by atoms with Crippen molar-refractivity contribution in [1.82, 2.24) is 0 Å². The van der Waals surface area contributed by atoms with E-state index in [-0.39, 0.29) is 17.2 Å². The first-order valence-corrected chi connectivity index (χ1v) is 7.25. The molecular formula is C13H16FNO3S. The number of carbonyl (C=O) groups excluding carboxylic acids is 1. The van der Waals surface area contributed by atoms with E-state index in [1.54, 1.807) is 11.8 Å². The number of unbranched alkanes of at least 4 members (excludes halogenated alkanes) is 1. The second-order valence-electron chi connectivity index (χ2n) is 4.00. The highest BCUT2D eigenvalue weighted by atomic mass is 32.2. The number of thioether (sulfide) groups is 1. The van der Waals surface area contributed by atoms with Crippen LogP contribution in [0.2, 0.25) is 0 Å². The Morgan fingerprint density at radius 3 is 2.68 bits per heavy atom. The van der Waals surface area contributed by atoms with Gasteiger partial charge in [-0.25, -0.2) is 9.18 Å². The number of carbonyl (C=O) groups is 2. The molecule has 0 unspecified atom stereocenters. The second kappa shape index (κ2) is 7.78. The van der Waals surface area contributed by atoms with E-state index in [0.29, 0.717) is 6.42 Å². The Morgan fingerprint density at radius 1 is 1.37 bits per heavy atom. The lowest BCUT2D eigenvalue weighted by Gasteiger charge is -2.07. The van der Waals surface area contributed by atoms with Gasteiger partial charge >= 0.3 is 5.97 Å². The van der Waals surface area contributed by atoms with Crippen LogP contribution in [0.3, 0.4) is 0 Å². The van der Waals surface area contributed by atoms with Crippen molar-refractivity contribution in [3.8, 4) is 0 Å². The van der Waals surface area contributed by atoms with E-state index >= 15 is 0 Å². The van der Waals surface area contributed by atoms with Crippen LogP contribution in [0, 0.1) is 5.82 Å². The zero-order chi connectivity index (χ0) is 14.3. The monoisotopic (exact) mass is 285 g/mol. The van der Waals surface area contributed by atoms with Gasteiger partial charge in [-0.1, -0.05) is 0 Å². The number of hydrogen-bond donors (Lipinski definition) is 2. The van der Waals surface area contributed by atoms with Crippen LogP contribution in [-0.4, -0.2) is 29.0 Å². The molecule has 0 saturated heterocycles. The first-order chi connectivity index (χ1) is 9.04. The molecule has 0 radical (unpaired) electrons. The summed E-state index contributed by atoms with van der Waals surface area (Å²) < 4.78 is 13.5. The summed E-state index contributed by atoms with van der Waals surface area (Å²) in [6.45, 7) is 0. The number of aromatic carboxylic acids is 1. The lowest BCUT2D eigenvalue weighted by Crippen LogP contribution is -2.13. The van der Waals surface area contributed by atoms with Crippen LogP contribution in [0.4, 0.5) is 10.1 Å². The van der Waals surface area contributed by atoms with Gasteiger partial charge in [-0.2, -0.15) is 11.8 Å². The number of amides is 1. The molecule has 4 nitrogen and oxygen atoms in total. The van der Waals surface area contributed by atoms with Gasteiger partial charge in [0.2, 0.25) is 5.91 Å². The van der Waals surface area contributed by atoms with Crippen LogP contribution in [0.5, 0.6) is 0 Å². The summed E-state index contributed by atoms with van der Waals surface area (Å²) in [5.74, 6) is -1.20. The summed E-state index contributed by atoms with van der Waals surface area (Å²) >= 11 is 1.72. The zero-order valence-corrected chi connectivity index (χ0v) is 11.4. The number of hydrogen-bond acceptors (Lipinski definition) is 3. The fourth-order valence-electron chi connectivity index (χ4n) is 1.49. The molecule has 1 aromatic carbocycles. The third-order valence-electron chi connectivity index (χ3n) is 2.49. The number of carboxylic acid groups (broad SMARTS) is 1. The topological polar surface area (TPSA) is 66.4 Å². The van der Waals surface area contributed by atoms with E-state index in [1.807, 2.05) is 6.26 Å². The van der Waals surface area contributed by atoms with Gasteiger partial charge in [0, 0.05) is 6.42 Å². The van der Waals surface area contributed by atoms with E-state index in [1.165, 1.54) is 12.1 Å². The summed E-state index contributed by atoms with van der Waals surface area (Å²) in [5.41, 5.74) is -0.129. The molecule has 0 spiro atoms. The van der Waals surface area contributed by atoms with Crippen LogP contribution < -0.4 is 5.32 Å². The minimum atomic E-state index is -1.20. The summed E-state index contributed by atoms with van der Waals surface area (Å²) in [5, 5.41) is 11.1. The van der Waals surface area contributed by atoms with Crippen molar-refractivity contribution in [3.63, 3.8) is 0 Å². The van der Waals surface area contributed by atoms with Crippen molar-refractivity contribution in [2.45, 2.75) is 19.3 Å². The smallest absolute Gasteiger partial charge is 0.335 e. The predicted octanol–water partition coefficient (Wildman–Crippen LogP) is 3.00. The lowest BCUT2D eigenvalue weighted by molar-refractivity contribution is -0.116. The van der Waals surface area contributed by atoms with Gasteiger partial charge in [-0.05, 0) is 43.0 Å². The van der Waals surface area contributed by atoms with Gasteiger partial charge < -0.3 is 10.4 Å². The average molecular weight is 285 g/mol. The number of nitrogens with one attached hydrogen (secondary N) is 1. The molecule has 0 saturated carbocycles. The summed E-state index contributed by atoms with van der Waals surface area (Å²) in [6.07, 6.45) is 4.02. The number of carboxylic acids is 1. The highest BCUT2D eigenvalue weighted by molar-refractivity contribution is 7.98. The maximum atomic E-state index is 13.5. The third-order valence-corrected chi connectivity index (χ3v) is 3.19. The number of halogens is 1. The number of anilines is 1. The predicted molar refractivity (Wildman–Crippen MR) is 74.2 cm³/mol. The van der Waals surface area contributed by atoms with Crippen molar-refractivity contribution in [3.05, 3.63) is 29.6 Å². The van der Waals surface area contributed by atoms with Crippen LogP contribution in [0.25, 0.3) is 0 Å². The van der Waals surface area contributed by atoms with Gasteiger partial charge in [0.05, 0.1) is 11.3 Å². The van der Waals surface area contributed by atoms with E-state index in [9.17, 15) is 14.0 Å². The molecule has 0 heterocycles. The molecule has 104 valence electrons. The van der Waals surface area contributed by atoms with E-state index in [2.05, 4.69) is 5.32 Å². The Bertz CT molecular complexity index is 465. The van der Waals surface area contributed by atoms with Crippen molar-refractivity contribution >= 4 is 29.3 Å². The van der Waals surface area contributed by atoms with Crippen molar-refractivity contribution in [1.29, 1.82) is 0 Å². The molecule has 6 heteroatoms. The number of rotatable bonds is 7. The van der Waals surface area contributed by atoms with Crippen LogP contribution in [-0.2, 0) is 4.79 Å². The fraction of sp³-hybridized carbons (Fsp3) is 0.385. The molecule has 1 rings (SSSR count). The quantitative estimate of drug-likeness (QED) is 0.756. The molecule has 0 bridgehead atoms. The highest BCUT2D eigenvalue weighted by Gasteiger charge is 2.10. The standard InChI is InChI=1S/C13H16FNO3S/c1-19-7-3-2-4-12(16)15-11-6-5-9(13(17)18)8-10(11)14/h5-6,8H,2-4,7H2,1H3,(H,15,16)(H,17,18). The molecule has 0 aliphatic heterocycles. The minimum absolute atomic E-state index is 0.0138. The zero-order valence-electron chi connectivity index (χ0n) is 10.6. The van der Waals surface area contributed by atoms with Gasteiger partial charge in [-0.15, -0.1) is 0 Å². The molecule has 0 fully saturated rings. The molecular weight excluding hydrogens is 269 g/mol. The second-order valence-corrected chi connectivity index (χ2v) is 4.98. The van der Waals surface area contributed by atoms with Crippen molar-refractivity contribution < 1.29 is 19.1 Å². The highest BCUT2D eigenvalue weighted by Crippen LogP contribution is 2.16. The van der Waals surface area contributed by atoms with E-state index < -0.39 is 11.8 Å². The Kier molecular flexibility index (Phi) is 6.35. The maximum absolute atomic E-state index is 13.5. The molecule has 0 aliphatic rings. The molecule has 19 heavy (non-hydrogen) atoms. The molecule has 0 aromatic heterocycles. The van der Waals surface area contributed by atoms with Gasteiger partial charge in [0.25, 0.3) is 0 Å². The molecule has 1 amide bonds. The van der Waals surface area contributed by atoms with E-state index in [4.69, 9.17) is 5.11 Å². The fourth-order valence-corrected chi connectivity index (χ4v) is 1.99. The van der Waals surface area contributed by atoms with E-state index in [0.717, 1.165) is 24.7 Å². The van der Waals surface area contributed by atoms with Crippen LogP contribution in [0.1, 0.15) is 29.6 Å². The lowest BCUT2D eigenvalue weighted by atomic mass is 10.2. The normalized spacial score (nSPS) is 10.2. The summed E-state index contributed by atoms with van der Waals surface area (Å²) in [4.78, 5) is 22.2. The Labute approximate surface area is 115 Å². The largest absolute Gasteiger partial charge is 0.478 e. The van der Waals surface area contributed by atoms with Gasteiger partial charge in [0.1, 0.15) is 5.82 Å². The Hall–Kier alpha value is -1.56. The Balaban J connectivity index is 2.52. The van der Waals surface area contributed by atoms with Crippen molar-refractivity contribution in [2.75, 3.05) is 17.3 Å². The third kappa shape index (κ3) is 5.30. The van der Waals surface area contributed by atoms with Gasteiger partial charge in [0.15, 0.2) is 0 Å². The summed E-state index contributed by atoms with van der Waals surface area (Å²) in [7, 11) is 0. The summed E-state index contributed by atoms with van der Waals surface area (Å²) in [6, 6.07) is 3.42. The molecule has 0 aliphatic carbocycles. The Morgan fingerprint density at radius 2 is 2.11 bits per heavy atom. The SMILES string of the molecule is CSCCCCC(=O)Nc1ccc(C(=O)O)cc1F. The minimum Gasteiger partial charge on any atom is -0.478 e. The molecule has 0 atom stereocenters. The van der Waals surface area contributed by atoms with Gasteiger partial charge in [-0.3, -0.25) is 4.79 Å². The van der Waals surface area contributed by atoms with Crippen LogP contribution >= 0.6 is 11.8 Å².